The molecule has 2 aromatic heterocycles. The Kier molecular flexibility index (Phi) is 6.36. The number of halogens is 4. The van der Waals surface area contributed by atoms with E-state index in [1.165, 1.54) is 10.7 Å². The summed E-state index contributed by atoms with van der Waals surface area (Å²) in [5, 5.41) is 3.55. The first kappa shape index (κ1) is 24.5. The highest BCUT2D eigenvalue weighted by atomic mass is 35.5. The van der Waals surface area contributed by atoms with Crippen LogP contribution in [0.4, 0.5) is 13.2 Å². The molecule has 0 amide bonds. The number of esters is 1. The molecule has 1 fully saturated rings. The largest absolute Gasteiger partial charge is 0.478 e. The van der Waals surface area contributed by atoms with Crippen molar-refractivity contribution in [3.63, 3.8) is 0 Å². The van der Waals surface area contributed by atoms with Crippen LogP contribution < -0.4 is 4.74 Å². The van der Waals surface area contributed by atoms with Gasteiger partial charge < -0.3 is 9.47 Å². The molecule has 0 atom stereocenters. The van der Waals surface area contributed by atoms with E-state index in [4.69, 9.17) is 21.1 Å². The van der Waals surface area contributed by atoms with E-state index >= 15 is 0 Å². The zero-order valence-corrected chi connectivity index (χ0v) is 19.5. The molecule has 0 aromatic carbocycles. The second-order valence-electron chi connectivity index (χ2n) is 10.0. The fourth-order valence-electron chi connectivity index (χ4n) is 3.50. The molecular weight excluding hydrogens is 444 g/mol. The Balaban J connectivity index is 1.64. The second-order valence-corrected chi connectivity index (χ2v) is 10.4. The average molecular weight is 470 g/mol. The molecule has 0 spiro atoms. The molecule has 0 saturated heterocycles. The minimum absolute atomic E-state index is 0.00744. The molecular formula is C20H25B2ClF3N3O3. The van der Waals surface area contributed by atoms with Crippen LogP contribution in [-0.4, -0.2) is 54.8 Å². The summed E-state index contributed by atoms with van der Waals surface area (Å²) in [7, 11) is 3.51. The molecule has 3 rings (SSSR count). The van der Waals surface area contributed by atoms with Crippen molar-refractivity contribution in [2.24, 2.45) is 5.41 Å². The number of hydrogen-bond donors (Lipinski definition) is 0. The normalized spacial score (nSPS) is 16.0. The minimum Gasteiger partial charge on any atom is -0.478 e. The van der Waals surface area contributed by atoms with E-state index in [-0.39, 0.29) is 42.5 Å². The first-order chi connectivity index (χ1) is 14.6. The zero-order chi connectivity index (χ0) is 23.9. The average Bonchev–Trinajstić information content (AvgIpc) is 3.25. The Hall–Kier alpha value is -2.16. The van der Waals surface area contributed by atoms with Crippen molar-refractivity contribution in [3.05, 3.63) is 35.1 Å². The summed E-state index contributed by atoms with van der Waals surface area (Å²) in [5.74, 6) is 0.0232. The number of ether oxygens (including phenoxy) is 2. The lowest BCUT2D eigenvalue weighted by Crippen LogP contribution is -2.33. The van der Waals surface area contributed by atoms with Crippen LogP contribution in [0.25, 0.3) is 5.82 Å². The van der Waals surface area contributed by atoms with Gasteiger partial charge in [0.1, 0.15) is 26.4 Å². The fraction of sp³-hybridized carbons (Fsp3) is 0.550. The number of rotatable bonds is 7. The first-order valence-electron chi connectivity index (χ1n) is 10.3. The van der Waals surface area contributed by atoms with Crippen molar-refractivity contribution in [3.8, 4) is 11.7 Å². The van der Waals surface area contributed by atoms with E-state index in [2.05, 4.69) is 10.1 Å². The lowest BCUT2D eigenvalue weighted by molar-refractivity contribution is -0.190. The number of carbonyl (C=O) groups excluding carboxylic acids is 1. The Morgan fingerprint density at radius 2 is 1.88 bits per heavy atom. The standard InChI is InChI=1S/C20H25B2ClF3N3O3/c1-17(2,3)32-16(30)12-4-5-13(27-15(12)23)29-9-6-14(28-29)31-11-19(21,22)10-18(7-8-18)20(24,25)26/h4-6,9H,7-8,10-11,21-22H2,1-3H3. The molecule has 12 heteroatoms. The summed E-state index contributed by atoms with van der Waals surface area (Å²) in [6.45, 7) is 5.34. The SMILES string of the molecule is BC(B)(COc1ccn(-c2ccc(C(=O)OC(C)(C)C)c(Cl)n2)n1)CC1(C(F)(F)F)CC1. The number of carbonyl (C=O) groups is 1. The number of hydrogen-bond acceptors (Lipinski definition) is 5. The topological polar surface area (TPSA) is 66.2 Å². The monoisotopic (exact) mass is 469 g/mol. The number of alkyl halides is 3. The summed E-state index contributed by atoms with van der Waals surface area (Å²) in [6, 6.07) is 4.65. The molecule has 0 unspecified atom stereocenters. The van der Waals surface area contributed by atoms with Crippen molar-refractivity contribution in [2.75, 3.05) is 6.61 Å². The Morgan fingerprint density at radius 3 is 2.41 bits per heavy atom. The lowest BCUT2D eigenvalue weighted by Gasteiger charge is -2.30. The summed E-state index contributed by atoms with van der Waals surface area (Å²) in [4.78, 5) is 16.4. The van der Waals surface area contributed by atoms with Crippen molar-refractivity contribution in [2.45, 2.75) is 57.0 Å². The smallest absolute Gasteiger partial charge is 0.394 e. The maximum absolute atomic E-state index is 13.3. The second kappa shape index (κ2) is 8.32. The predicted octanol–water partition coefficient (Wildman–Crippen LogP) is 3.37. The Bertz CT molecular complexity index is 1000. The Morgan fingerprint density at radius 1 is 1.22 bits per heavy atom. The molecule has 1 aliphatic carbocycles. The minimum atomic E-state index is -4.19. The van der Waals surface area contributed by atoms with Gasteiger partial charge in [-0.15, -0.1) is 5.10 Å². The van der Waals surface area contributed by atoms with Gasteiger partial charge in [-0.1, -0.05) is 16.8 Å². The molecule has 32 heavy (non-hydrogen) atoms. The first-order valence-corrected chi connectivity index (χ1v) is 10.6. The van der Waals surface area contributed by atoms with Gasteiger partial charge in [-0.2, -0.15) is 13.2 Å². The van der Waals surface area contributed by atoms with E-state index in [1.807, 2.05) is 0 Å². The van der Waals surface area contributed by atoms with E-state index in [1.54, 1.807) is 54.8 Å². The van der Waals surface area contributed by atoms with Crippen molar-refractivity contribution in [1.29, 1.82) is 0 Å². The molecule has 0 N–H and O–H groups in total. The maximum atomic E-state index is 13.3. The highest BCUT2D eigenvalue weighted by Gasteiger charge is 2.64. The van der Waals surface area contributed by atoms with Gasteiger partial charge in [0.2, 0.25) is 5.88 Å². The van der Waals surface area contributed by atoms with Gasteiger partial charge in [-0.3, -0.25) is 0 Å². The fourth-order valence-corrected chi connectivity index (χ4v) is 3.72. The van der Waals surface area contributed by atoms with Crippen LogP contribution in [0.5, 0.6) is 5.88 Å². The molecule has 2 heterocycles. The number of pyridine rings is 1. The number of aromatic nitrogens is 3. The molecule has 0 aliphatic heterocycles. The molecule has 0 bridgehead atoms. The van der Waals surface area contributed by atoms with Crippen LogP contribution in [0.3, 0.4) is 0 Å². The molecule has 1 aliphatic rings. The molecule has 6 nitrogen and oxygen atoms in total. The van der Waals surface area contributed by atoms with Gasteiger partial charge in [0, 0.05) is 12.3 Å². The molecule has 0 radical (unpaired) electrons. The van der Waals surface area contributed by atoms with Gasteiger partial charge >= 0.3 is 12.1 Å². The third kappa shape index (κ3) is 5.79. The van der Waals surface area contributed by atoms with E-state index in [9.17, 15) is 18.0 Å². The van der Waals surface area contributed by atoms with Crippen molar-refractivity contribution in [1.82, 2.24) is 14.8 Å². The van der Waals surface area contributed by atoms with Gasteiger partial charge in [0.05, 0.1) is 17.6 Å². The molecule has 2 aromatic rings. The maximum Gasteiger partial charge on any atom is 0.394 e. The van der Waals surface area contributed by atoms with Crippen molar-refractivity contribution < 1.29 is 27.4 Å². The third-order valence-electron chi connectivity index (χ3n) is 5.13. The Labute approximate surface area is 191 Å². The van der Waals surface area contributed by atoms with Crippen LogP contribution in [0.15, 0.2) is 24.4 Å². The van der Waals surface area contributed by atoms with Crippen LogP contribution >= 0.6 is 11.6 Å². The number of nitrogens with zero attached hydrogens (tertiary/aromatic N) is 3. The van der Waals surface area contributed by atoms with Crippen LogP contribution in [0, 0.1) is 5.41 Å². The van der Waals surface area contributed by atoms with Crippen LogP contribution in [0.1, 0.15) is 50.4 Å². The summed E-state index contributed by atoms with van der Waals surface area (Å²) < 4.78 is 52.2. The summed E-state index contributed by atoms with van der Waals surface area (Å²) in [5.41, 5.74) is -2.12. The predicted molar refractivity (Wildman–Crippen MR) is 119 cm³/mol. The molecule has 1 saturated carbocycles. The lowest BCUT2D eigenvalue weighted by atomic mass is 9.51. The van der Waals surface area contributed by atoms with Crippen LogP contribution in [-0.2, 0) is 4.74 Å². The highest BCUT2D eigenvalue weighted by molar-refractivity contribution is 6.40. The summed E-state index contributed by atoms with van der Waals surface area (Å²) >= 11 is 6.16. The third-order valence-corrected chi connectivity index (χ3v) is 5.42. The quantitative estimate of drug-likeness (QED) is 0.354. The van der Waals surface area contributed by atoms with E-state index < -0.39 is 28.4 Å². The van der Waals surface area contributed by atoms with Gasteiger partial charge in [0.25, 0.3) is 0 Å². The van der Waals surface area contributed by atoms with Crippen LogP contribution in [0.2, 0.25) is 10.4 Å². The zero-order valence-electron chi connectivity index (χ0n) is 18.7. The van der Waals surface area contributed by atoms with E-state index in [0.717, 1.165) is 0 Å². The highest BCUT2D eigenvalue weighted by Crippen LogP contribution is 2.63. The van der Waals surface area contributed by atoms with Crippen molar-refractivity contribution >= 4 is 33.3 Å². The van der Waals surface area contributed by atoms with E-state index in [0.29, 0.717) is 5.82 Å². The van der Waals surface area contributed by atoms with Gasteiger partial charge in [0.15, 0.2) is 5.82 Å². The van der Waals surface area contributed by atoms with Gasteiger partial charge in [-0.05, 0) is 52.2 Å². The van der Waals surface area contributed by atoms with Gasteiger partial charge in [-0.25, -0.2) is 14.5 Å². The summed E-state index contributed by atoms with van der Waals surface area (Å²) in [6.07, 6.45) is -2.26. The molecule has 172 valence electrons.